The summed E-state index contributed by atoms with van der Waals surface area (Å²) in [5.74, 6) is 0.0609. The van der Waals surface area contributed by atoms with Crippen LogP contribution in [0.2, 0.25) is 0 Å². The molecule has 1 rings (SSSR count). The molecule has 3 nitrogen and oxygen atoms in total. The number of nitrogens with two attached hydrogens (primary N) is 1. The van der Waals surface area contributed by atoms with Crippen LogP contribution in [0.25, 0.3) is 0 Å². The van der Waals surface area contributed by atoms with Gasteiger partial charge in [0, 0.05) is 18.5 Å². The second kappa shape index (κ2) is 6.53. The third kappa shape index (κ3) is 4.62. The molecule has 19 heavy (non-hydrogen) atoms. The Labute approximate surface area is 120 Å². The summed E-state index contributed by atoms with van der Waals surface area (Å²) >= 11 is 1.68. The first-order valence-corrected chi connectivity index (χ1v) is 7.64. The highest BCUT2D eigenvalue weighted by atomic mass is 32.1. The number of thiophene rings is 1. The zero-order valence-electron chi connectivity index (χ0n) is 12.6. The van der Waals surface area contributed by atoms with Crippen LogP contribution >= 0.6 is 11.3 Å². The molecule has 4 heteroatoms. The van der Waals surface area contributed by atoms with Crippen LogP contribution in [-0.2, 0) is 4.79 Å². The van der Waals surface area contributed by atoms with Gasteiger partial charge in [-0.3, -0.25) is 4.79 Å². The van der Waals surface area contributed by atoms with Gasteiger partial charge in [0.1, 0.15) is 0 Å². The van der Waals surface area contributed by atoms with Crippen LogP contribution in [0.1, 0.15) is 45.0 Å². The zero-order chi connectivity index (χ0) is 14.6. The van der Waals surface area contributed by atoms with E-state index >= 15 is 0 Å². The Balaban J connectivity index is 2.74. The predicted molar refractivity (Wildman–Crippen MR) is 82.1 cm³/mol. The van der Waals surface area contributed by atoms with Crippen LogP contribution in [0.3, 0.4) is 0 Å². The van der Waals surface area contributed by atoms with Gasteiger partial charge >= 0.3 is 0 Å². The van der Waals surface area contributed by atoms with E-state index in [2.05, 4.69) is 33.8 Å². The van der Waals surface area contributed by atoms with Gasteiger partial charge in [0.2, 0.25) is 5.91 Å². The summed E-state index contributed by atoms with van der Waals surface area (Å²) in [7, 11) is 1.87. The monoisotopic (exact) mass is 282 g/mol. The number of hydrogen-bond donors (Lipinski definition) is 1. The molecule has 0 radical (unpaired) electrons. The van der Waals surface area contributed by atoms with Gasteiger partial charge in [0.05, 0.1) is 12.0 Å². The lowest BCUT2D eigenvalue weighted by Crippen LogP contribution is -2.39. The Bertz CT molecular complexity index is 395. The number of amides is 1. The molecule has 0 fully saturated rings. The molecule has 0 aliphatic heterocycles. The summed E-state index contributed by atoms with van der Waals surface area (Å²) in [4.78, 5) is 15.6. The molecular formula is C15H26N2OS. The van der Waals surface area contributed by atoms with Crippen LogP contribution in [0.4, 0.5) is 0 Å². The molecule has 0 aliphatic carbocycles. The fourth-order valence-corrected chi connectivity index (χ4v) is 3.04. The predicted octanol–water partition coefficient (Wildman–Crippen LogP) is 3.28. The molecular weight excluding hydrogens is 256 g/mol. The Morgan fingerprint density at radius 1 is 1.47 bits per heavy atom. The van der Waals surface area contributed by atoms with E-state index in [0.29, 0.717) is 6.54 Å². The fourth-order valence-electron chi connectivity index (χ4n) is 2.21. The molecule has 108 valence electrons. The summed E-state index contributed by atoms with van der Waals surface area (Å²) in [5.41, 5.74) is 5.91. The lowest BCUT2D eigenvalue weighted by Gasteiger charge is -2.31. The molecule has 1 amide bonds. The van der Waals surface area contributed by atoms with Crippen LogP contribution in [0, 0.1) is 11.3 Å². The SMILES string of the molecule is CC(c1cccs1)N(C)C(=O)C(CN)CC(C)(C)C. The van der Waals surface area contributed by atoms with E-state index in [9.17, 15) is 4.79 Å². The molecule has 2 unspecified atom stereocenters. The van der Waals surface area contributed by atoms with Gasteiger partial charge in [-0.05, 0) is 30.2 Å². The third-order valence-electron chi connectivity index (χ3n) is 3.38. The van der Waals surface area contributed by atoms with Crippen molar-refractivity contribution in [1.82, 2.24) is 4.90 Å². The van der Waals surface area contributed by atoms with Crippen molar-refractivity contribution in [3.63, 3.8) is 0 Å². The highest BCUT2D eigenvalue weighted by molar-refractivity contribution is 7.10. The van der Waals surface area contributed by atoms with Crippen molar-refractivity contribution < 1.29 is 4.79 Å². The van der Waals surface area contributed by atoms with Crippen molar-refractivity contribution >= 4 is 17.2 Å². The molecule has 0 bridgehead atoms. The van der Waals surface area contributed by atoms with Crippen molar-refractivity contribution in [3.05, 3.63) is 22.4 Å². The van der Waals surface area contributed by atoms with Crippen molar-refractivity contribution in [1.29, 1.82) is 0 Å². The highest BCUT2D eigenvalue weighted by Gasteiger charge is 2.28. The Hall–Kier alpha value is -0.870. The molecule has 0 aromatic carbocycles. The highest BCUT2D eigenvalue weighted by Crippen LogP contribution is 2.28. The average Bonchev–Trinajstić information content (AvgIpc) is 2.85. The fraction of sp³-hybridized carbons (Fsp3) is 0.667. The largest absolute Gasteiger partial charge is 0.338 e. The summed E-state index contributed by atoms with van der Waals surface area (Å²) in [6, 6.07) is 4.20. The van der Waals surface area contributed by atoms with Crippen LogP contribution in [0.15, 0.2) is 17.5 Å². The summed E-state index contributed by atoms with van der Waals surface area (Å²) in [6.45, 7) is 8.91. The molecule has 0 saturated carbocycles. The molecule has 1 aromatic heterocycles. The third-order valence-corrected chi connectivity index (χ3v) is 4.42. The summed E-state index contributed by atoms with van der Waals surface area (Å²) in [5, 5.41) is 2.04. The summed E-state index contributed by atoms with van der Waals surface area (Å²) < 4.78 is 0. The van der Waals surface area contributed by atoms with Gasteiger partial charge in [-0.2, -0.15) is 0 Å². The molecule has 0 saturated heterocycles. The van der Waals surface area contributed by atoms with Gasteiger partial charge in [0.15, 0.2) is 0 Å². The smallest absolute Gasteiger partial charge is 0.227 e. The first kappa shape index (κ1) is 16.2. The second-order valence-corrected chi connectivity index (χ2v) is 7.32. The van der Waals surface area contributed by atoms with Gasteiger partial charge in [-0.25, -0.2) is 0 Å². The number of hydrogen-bond acceptors (Lipinski definition) is 3. The van der Waals surface area contributed by atoms with Crippen LogP contribution in [-0.4, -0.2) is 24.4 Å². The molecule has 1 aromatic rings. The Morgan fingerprint density at radius 3 is 2.53 bits per heavy atom. The van der Waals surface area contributed by atoms with Crippen molar-refractivity contribution in [2.45, 2.75) is 40.2 Å². The molecule has 0 spiro atoms. The molecule has 2 atom stereocenters. The quantitative estimate of drug-likeness (QED) is 0.901. The average molecular weight is 282 g/mol. The number of carbonyl (C=O) groups is 1. The van der Waals surface area contributed by atoms with E-state index in [1.54, 1.807) is 11.3 Å². The topological polar surface area (TPSA) is 46.3 Å². The molecule has 0 aliphatic rings. The summed E-state index contributed by atoms with van der Waals surface area (Å²) in [6.07, 6.45) is 0.823. The Kier molecular flexibility index (Phi) is 5.56. The molecule has 1 heterocycles. The number of nitrogens with zero attached hydrogens (tertiary/aromatic N) is 1. The van der Waals surface area contributed by atoms with Gasteiger partial charge in [0.25, 0.3) is 0 Å². The van der Waals surface area contributed by atoms with Crippen molar-refractivity contribution in [2.24, 2.45) is 17.1 Å². The minimum Gasteiger partial charge on any atom is -0.338 e. The maximum Gasteiger partial charge on any atom is 0.227 e. The first-order chi connectivity index (χ1) is 8.76. The van der Waals surface area contributed by atoms with Crippen molar-refractivity contribution in [3.8, 4) is 0 Å². The molecule has 2 N–H and O–H groups in total. The first-order valence-electron chi connectivity index (χ1n) is 6.76. The lowest BCUT2D eigenvalue weighted by molar-refractivity contribution is -0.136. The van der Waals surface area contributed by atoms with E-state index in [1.807, 2.05) is 23.4 Å². The normalized spacial score (nSPS) is 15.1. The second-order valence-electron chi connectivity index (χ2n) is 6.34. The van der Waals surface area contributed by atoms with E-state index in [-0.39, 0.29) is 23.3 Å². The lowest BCUT2D eigenvalue weighted by atomic mass is 9.84. The van der Waals surface area contributed by atoms with Gasteiger partial charge in [-0.1, -0.05) is 26.8 Å². The zero-order valence-corrected chi connectivity index (χ0v) is 13.5. The van der Waals surface area contributed by atoms with E-state index in [4.69, 9.17) is 5.73 Å². The van der Waals surface area contributed by atoms with Crippen LogP contribution in [0.5, 0.6) is 0 Å². The minimum absolute atomic E-state index is 0.0904. The van der Waals surface area contributed by atoms with Crippen LogP contribution < -0.4 is 5.73 Å². The maximum absolute atomic E-state index is 12.5. The van der Waals surface area contributed by atoms with E-state index < -0.39 is 0 Å². The number of carbonyl (C=O) groups excluding carboxylic acids is 1. The maximum atomic E-state index is 12.5. The minimum atomic E-state index is -0.0904. The van der Waals surface area contributed by atoms with E-state index in [1.165, 1.54) is 4.88 Å². The van der Waals surface area contributed by atoms with Gasteiger partial charge in [-0.15, -0.1) is 11.3 Å². The van der Waals surface area contributed by atoms with Gasteiger partial charge < -0.3 is 10.6 Å². The Morgan fingerprint density at radius 2 is 2.11 bits per heavy atom. The van der Waals surface area contributed by atoms with Crippen molar-refractivity contribution in [2.75, 3.05) is 13.6 Å². The van der Waals surface area contributed by atoms with E-state index in [0.717, 1.165) is 6.42 Å². The standard InChI is InChI=1S/C15H26N2OS/c1-11(13-7-6-8-19-13)17(5)14(18)12(10-16)9-15(2,3)4/h6-8,11-12H,9-10,16H2,1-5H3. The number of rotatable bonds is 5.